The van der Waals surface area contributed by atoms with E-state index in [-0.39, 0.29) is 17.6 Å². The van der Waals surface area contributed by atoms with Crippen LogP contribution in [-0.4, -0.2) is 23.5 Å². The maximum Gasteiger partial charge on any atom is 0.276 e. The van der Waals surface area contributed by atoms with Crippen LogP contribution in [-0.2, 0) is 9.59 Å². The fourth-order valence-electron chi connectivity index (χ4n) is 2.71. The van der Waals surface area contributed by atoms with E-state index in [1.807, 2.05) is 19.1 Å². The summed E-state index contributed by atoms with van der Waals surface area (Å²) >= 11 is 8.38. The molecule has 1 aliphatic rings. The summed E-state index contributed by atoms with van der Waals surface area (Å²) in [7, 11) is 0. The predicted octanol–water partition coefficient (Wildman–Crippen LogP) is 2.74. The number of hydrogen-bond acceptors (Lipinski definition) is 4. The van der Waals surface area contributed by atoms with Crippen LogP contribution in [0.2, 0.25) is 0 Å². The minimum atomic E-state index is -0.403. The molecule has 0 spiro atoms. The van der Waals surface area contributed by atoms with Crippen LogP contribution in [0.5, 0.6) is 5.75 Å². The average Bonchev–Trinajstić information content (AvgIpc) is 3.04. The van der Waals surface area contributed by atoms with Crippen LogP contribution >= 0.6 is 28.1 Å². The highest BCUT2D eigenvalue weighted by atomic mass is 79.9. The van der Waals surface area contributed by atoms with E-state index in [2.05, 4.69) is 32.1 Å². The van der Waals surface area contributed by atoms with Gasteiger partial charge in [-0.2, -0.15) is 0 Å². The Labute approximate surface area is 161 Å². The average molecular weight is 428 g/mol. The molecule has 0 aromatic heterocycles. The lowest BCUT2D eigenvalue weighted by atomic mass is 10.0. The monoisotopic (exact) mass is 427 g/mol. The lowest BCUT2D eigenvalue weighted by Crippen LogP contribution is -2.49. The molecule has 0 atom stereocenters. The summed E-state index contributed by atoms with van der Waals surface area (Å²) in [6.45, 7) is 1.79. The molecule has 0 radical (unpaired) electrons. The molecule has 3 N–H and O–H groups in total. The standard InChI is InChI=1S/C17H22BrN3O3S/c1-11-6-7-14(13(18)8-11)24-10-16(23)20-21-17(25)19-15(22)9-12-4-2-3-5-12/h6-8,12H,2-5,9-10H2,1H3,(H,20,23)(H2,19,21,22,25). The molecule has 1 aliphatic carbocycles. The van der Waals surface area contributed by atoms with Crippen LogP contribution in [0.15, 0.2) is 22.7 Å². The van der Waals surface area contributed by atoms with Gasteiger partial charge in [-0.25, -0.2) is 0 Å². The number of thiocarbonyl (C=S) groups is 1. The fraction of sp³-hybridized carbons (Fsp3) is 0.471. The first-order chi connectivity index (χ1) is 11.9. The van der Waals surface area contributed by atoms with Crippen molar-refractivity contribution in [3.63, 3.8) is 0 Å². The van der Waals surface area contributed by atoms with Crippen molar-refractivity contribution in [1.82, 2.24) is 16.2 Å². The molecular formula is C17H22BrN3O3S. The number of benzene rings is 1. The Morgan fingerprint density at radius 3 is 2.64 bits per heavy atom. The molecule has 8 heteroatoms. The quantitative estimate of drug-likeness (QED) is 0.497. The van der Waals surface area contributed by atoms with E-state index in [1.54, 1.807) is 6.07 Å². The van der Waals surface area contributed by atoms with Crippen LogP contribution < -0.4 is 20.9 Å². The van der Waals surface area contributed by atoms with Gasteiger partial charge < -0.3 is 10.1 Å². The van der Waals surface area contributed by atoms with Gasteiger partial charge in [-0.3, -0.25) is 20.4 Å². The van der Waals surface area contributed by atoms with E-state index in [0.29, 0.717) is 18.1 Å². The molecule has 1 fully saturated rings. The van der Waals surface area contributed by atoms with Crippen LogP contribution in [0.4, 0.5) is 0 Å². The van der Waals surface area contributed by atoms with Gasteiger partial charge in [0.2, 0.25) is 5.91 Å². The highest BCUT2D eigenvalue weighted by Gasteiger charge is 2.18. The van der Waals surface area contributed by atoms with Crippen molar-refractivity contribution >= 4 is 45.1 Å². The number of hydrogen-bond donors (Lipinski definition) is 3. The summed E-state index contributed by atoms with van der Waals surface area (Å²) in [5.41, 5.74) is 5.99. The van der Waals surface area contributed by atoms with Gasteiger partial charge >= 0.3 is 0 Å². The van der Waals surface area contributed by atoms with Crippen molar-refractivity contribution < 1.29 is 14.3 Å². The fourth-order valence-corrected chi connectivity index (χ4v) is 3.49. The largest absolute Gasteiger partial charge is 0.483 e. The second-order valence-corrected chi connectivity index (χ2v) is 7.39. The van der Waals surface area contributed by atoms with E-state index in [9.17, 15) is 9.59 Å². The number of amides is 2. The van der Waals surface area contributed by atoms with Crippen LogP contribution in [0.3, 0.4) is 0 Å². The Morgan fingerprint density at radius 1 is 1.24 bits per heavy atom. The van der Waals surface area contributed by atoms with Crippen LogP contribution in [0.25, 0.3) is 0 Å². The molecule has 2 amide bonds. The zero-order chi connectivity index (χ0) is 18.2. The van der Waals surface area contributed by atoms with Crippen molar-refractivity contribution in [2.45, 2.75) is 39.0 Å². The zero-order valence-corrected chi connectivity index (χ0v) is 16.5. The van der Waals surface area contributed by atoms with E-state index in [4.69, 9.17) is 17.0 Å². The summed E-state index contributed by atoms with van der Waals surface area (Å²) in [6.07, 6.45) is 5.04. The van der Waals surface area contributed by atoms with Gasteiger partial charge in [-0.05, 0) is 71.5 Å². The summed E-state index contributed by atoms with van der Waals surface area (Å²) in [4.78, 5) is 23.6. The smallest absolute Gasteiger partial charge is 0.276 e. The van der Waals surface area contributed by atoms with E-state index in [1.165, 1.54) is 12.8 Å². The minimum Gasteiger partial charge on any atom is -0.483 e. The molecule has 2 rings (SSSR count). The Hall–Kier alpha value is -1.67. The number of carbonyl (C=O) groups excluding carboxylic acids is 2. The maximum absolute atomic E-state index is 11.8. The molecule has 136 valence electrons. The number of carbonyl (C=O) groups is 2. The third kappa shape index (κ3) is 6.99. The van der Waals surface area contributed by atoms with Crippen molar-refractivity contribution in [2.75, 3.05) is 6.61 Å². The molecule has 1 aromatic carbocycles. The Kier molecular flexibility index (Phi) is 7.64. The summed E-state index contributed by atoms with van der Waals surface area (Å²) in [5.74, 6) is 0.491. The van der Waals surface area contributed by atoms with Crippen LogP contribution in [0, 0.1) is 12.8 Å². The van der Waals surface area contributed by atoms with Gasteiger partial charge in [-0.1, -0.05) is 18.9 Å². The first kappa shape index (κ1) is 19.7. The van der Waals surface area contributed by atoms with E-state index in [0.717, 1.165) is 22.9 Å². The topological polar surface area (TPSA) is 79.5 Å². The predicted molar refractivity (Wildman–Crippen MR) is 103 cm³/mol. The van der Waals surface area contributed by atoms with Gasteiger partial charge in [0.15, 0.2) is 11.7 Å². The molecule has 0 bridgehead atoms. The van der Waals surface area contributed by atoms with Gasteiger partial charge in [0.25, 0.3) is 5.91 Å². The third-order valence-electron chi connectivity index (χ3n) is 3.96. The second-order valence-electron chi connectivity index (χ2n) is 6.13. The van der Waals surface area contributed by atoms with Crippen molar-refractivity contribution in [3.05, 3.63) is 28.2 Å². The second kappa shape index (κ2) is 9.72. The SMILES string of the molecule is Cc1ccc(OCC(=O)NNC(=S)NC(=O)CC2CCCC2)c(Br)c1. The number of hydrazine groups is 1. The summed E-state index contributed by atoms with van der Waals surface area (Å²) in [6, 6.07) is 5.58. The number of ether oxygens (including phenoxy) is 1. The molecule has 25 heavy (non-hydrogen) atoms. The summed E-state index contributed by atoms with van der Waals surface area (Å²) in [5, 5.41) is 2.65. The normalized spacial score (nSPS) is 14.0. The van der Waals surface area contributed by atoms with Crippen molar-refractivity contribution in [3.8, 4) is 5.75 Å². The Bertz CT molecular complexity index is 648. The Balaban J connectivity index is 1.65. The van der Waals surface area contributed by atoms with Crippen molar-refractivity contribution in [1.29, 1.82) is 0 Å². The molecule has 1 aromatic rings. The zero-order valence-electron chi connectivity index (χ0n) is 14.1. The lowest BCUT2D eigenvalue weighted by molar-refractivity contribution is -0.124. The molecule has 0 heterocycles. The van der Waals surface area contributed by atoms with Crippen LogP contribution in [0.1, 0.15) is 37.7 Å². The highest BCUT2D eigenvalue weighted by Crippen LogP contribution is 2.27. The lowest BCUT2D eigenvalue weighted by Gasteiger charge is -2.13. The molecule has 0 unspecified atom stereocenters. The van der Waals surface area contributed by atoms with E-state index < -0.39 is 5.91 Å². The molecule has 1 saturated carbocycles. The molecule has 0 aliphatic heterocycles. The molecular weight excluding hydrogens is 406 g/mol. The minimum absolute atomic E-state index is 0.0767. The van der Waals surface area contributed by atoms with E-state index >= 15 is 0 Å². The number of nitrogens with one attached hydrogen (secondary N) is 3. The number of rotatable bonds is 5. The molecule has 6 nitrogen and oxygen atoms in total. The van der Waals surface area contributed by atoms with Gasteiger partial charge in [0.1, 0.15) is 5.75 Å². The first-order valence-corrected chi connectivity index (χ1v) is 9.42. The van der Waals surface area contributed by atoms with Gasteiger partial charge in [0.05, 0.1) is 4.47 Å². The highest BCUT2D eigenvalue weighted by molar-refractivity contribution is 9.10. The van der Waals surface area contributed by atoms with Gasteiger partial charge in [-0.15, -0.1) is 0 Å². The maximum atomic E-state index is 11.8. The molecule has 0 saturated heterocycles. The number of aryl methyl sites for hydroxylation is 1. The third-order valence-corrected chi connectivity index (χ3v) is 4.79. The Morgan fingerprint density at radius 2 is 1.96 bits per heavy atom. The van der Waals surface area contributed by atoms with Gasteiger partial charge in [0, 0.05) is 6.42 Å². The number of halogens is 1. The first-order valence-electron chi connectivity index (χ1n) is 8.21. The van der Waals surface area contributed by atoms with Crippen molar-refractivity contribution in [2.24, 2.45) is 5.92 Å². The summed E-state index contributed by atoms with van der Waals surface area (Å²) < 4.78 is 6.21.